The summed E-state index contributed by atoms with van der Waals surface area (Å²) >= 11 is 0. The van der Waals surface area contributed by atoms with Crippen LogP contribution in [0.5, 0.6) is 0 Å². The number of pyridine rings is 1. The minimum absolute atomic E-state index is 0.636. The van der Waals surface area contributed by atoms with Crippen molar-refractivity contribution < 1.29 is 0 Å². The lowest BCUT2D eigenvalue weighted by Crippen LogP contribution is -2.33. The van der Waals surface area contributed by atoms with E-state index < -0.39 is 0 Å². The van der Waals surface area contributed by atoms with E-state index in [1.54, 1.807) is 6.20 Å². The Morgan fingerprint density at radius 3 is 2.46 bits per heavy atom. The summed E-state index contributed by atoms with van der Waals surface area (Å²) in [5.41, 5.74) is 4.82. The van der Waals surface area contributed by atoms with Gasteiger partial charge in [-0.3, -0.25) is 14.3 Å². The number of nitrogens with zero attached hydrogens (tertiary/aromatic N) is 5. The summed E-state index contributed by atoms with van der Waals surface area (Å²) in [4.78, 5) is 16.0. The lowest BCUT2D eigenvalue weighted by molar-refractivity contribution is 0.202. The van der Waals surface area contributed by atoms with Gasteiger partial charge in [0.25, 0.3) is 0 Å². The van der Waals surface area contributed by atoms with Gasteiger partial charge in [-0.15, -0.1) is 0 Å². The van der Waals surface area contributed by atoms with Crippen LogP contribution in [0.15, 0.2) is 73.3 Å². The Morgan fingerprint density at radius 2 is 1.68 bits per heavy atom. The SMILES string of the molecule is c1ccc(-c2nc3ncccn3c2CN2CCC(c3ccncc3)CC2)cc1. The summed E-state index contributed by atoms with van der Waals surface area (Å²) in [5, 5.41) is 0. The van der Waals surface area contributed by atoms with E-state index in [1.165, 1.54) is 24.1 Å². The number of hydrogen-bond acceptors (Lipinski definition) is 4. The molecule has 0 N–H and O–H groups in total. The maximum absolute atomic E-state index is 4.83. The highest BCUT2D eigenvalue weighted by atomic mass is 15.2. The van der Waals surface area contributed by atoms with Crippen LogP contribution in [0.2, 0.25) is 0 Å². The van der Waals surface area contributed by atoms with Crippen molar-refractivity contribution in [1.29, 1.82) is 0 Å². The van der Waals surface area contributed by atoms with Gasteiger partial charge in [0, 0.05) is 36.9 Å². The highest BCUT2D eigenvalue weighted by molar-refractivity contribution is 5.65. The molecule has 0 unspecified atom stereocenters. The molecule has 1 aliphatic rings. The van der Waals surface area contributed by atoms with E-state index >= 15 is 0 Å². The Bertz CT molecular complexity index is 1050. The standard InChI is InChI=1S/C23H23N5/c1-2-5-20(6-3-1)22-21(28-14-4-11-25-23(28)26-22)17-27-15-9-19(10-16-27)18-7-12-24-13-8-18/h1-8,11-14,19H,9-10,15-17H2. The van der Waals surface area contributed by atoms with Crippen molar-refractivity contribution in [3.8, 4) is 11.3 Å². The van der Waals surface area contributed by atoms with Gasteiger partial charge < -0.3 is 0 Å². The molecule has 1 aliphatic heterocycles. The third-order valence-electron chi connectivity index (χ3n) is 5.69. The van der Waals surface area contributed by atoms with E-state index in [2.05, 4.69) is 61.9 Å². The molecule has 0 atom stereocenters. The smallest absolute Gasteiger partial charge is 0.234 e. The first kappa shape index (κ1) is 17.1. The number of likely N-dealkylation sites (tertiary alicyclic amines) is 1. The lowest BCUT2D eigenvalue weighted by Gasteiger charge is -2.32. The Hall–Kier alpha value is -3.05. The number of aromatic nitrogens is 4. The summed E-state index contributed by atoms with van der Waals surface area (Å²) in [6, 6.07) is 16.7. The molecule has 0 amide bonds. The number of piperidine rings is 1. The van der Waals surface area contributed by atoms with Crippen molar-refractivity contribution >= 4 is 5.78 Å². The van der Waals surface area contributed by atoms with Gasteiger partial charge in [0.1, 0.15) is 0 Å². The molecule has 5 heteroatoms. The molecule has 140 valence electrons. The molecule has 1 saturated heterocycles. The first-order valence-electron chi connectivity index (χ1n) is 9.88. The van der Waals surface area contributed by atoms with Gasteiger partial charge in [0.15, 0.2) is 0 Å². The van der Waals surface area contributed by atoms with Crippen LogP contribution in [0.1, 0.15) is 30.0 Å². The molecule has 1 aromatic carbocycles. The molecule has 4 heterocycles. The maximum atomic E-state index is 4.83. The minimum Gasteiger partial charge on any atom is -0.297 e. The van der Waals surface area contributed by atoms with Crippen molar-refractivity contribution in [3.05, 3.63) is 84.6 Å². The van der Waals surface area contributed by atoms with Crippen molar-refractivity contribution in [2.45, 2.75) is 25.3 Å². The predicted octanol–water partition coefficient (Wildman–Crippen LogP) is 4.17. The maximum Gasteiger partial charge on any atom is 0.234 e. The summed E-state index contributed by atoms with van der Waals surface area (Å²) in [7, 11) is 0. The largest absolute Gasteiger partial charge is 0.297 e. The van der Waals surface area contributed by atoms with Gasteiger partial charge in [-0.25, -0.2) is 9.97 Å². The van der Waals surface area contributed by atoms with Crippen LogP contribution in [0.4, 0.5) is 0 Å². The second-order valence-electron chi connectivity index (χ2n) is 7.39. The van der Waals surface area contributed by atoms with Crippen LogP contribution in [-0.2, 0) is 6.54 Å². The summed E-state index contributed by atoms with van der Waals surface area (Å²) in [6.45, 7) is 3.07. The Kier molecular flexibility index (Phi) is 4.59. The fraction of sp³-hybridized carbons (Fsp3) is 0.261. The normalized spacial score (nSPS) is 15.9. The number of rotatable bonds is 4. The van der Waals surface area contributed by atoms with E-state index in [0.717, 1.165) is 36.7 Å². The second kappa shape index (κ2) is 7.52. The minimum atomic E-state index is 0.636. The van der Waals surface area contributed by atoms with Crippen molar-refractivity contribution in [2.24, 2.45) is 0 Å². The predicted molar refractivity (Wildman–Crippen MR) is 110 cm³/mol. The summed E-state index contributed by atoms with van der Waals surface area (Å²) in [6.07, 6.45) is 10.0. The zero-order valence-corrected chi connectivity index (χ0v) is 15.8. The average Bonchev–Trinajstić information content (AvgIpc) is 3.14. The summed E-state index contributed by atoms with van der Waals surface area (Å²) in [5.74, 6) is 1.40. The Balaban J connectivity index is 1.40. The van der Waals surface area contributed by atoms with Crippen LogP contribution in [0, 0.1) is 0 Å². The Labute approximate surface area is 164 Å². The first-order valence-corrected chi connectivity index (χ1v) is 9.88. The van der Waals surface area contributed by atoms with Gasteiger partial charge in [-0.05, 0) is 55.6 Å². The van der Waals surface area contributed by atoms with E-state index in [1.807, 2.05) is 24.5 Å². The number of fused-ring (bicyclic) bond motifs is 1. The molecule has 0 bridgehead atoms. The van der Waals surface area contributed by atoms with Crippen molar-refractivity contribution in [1.82, 2.24) is 24.3 Å². The molecule has 5 rings (SSSR count). The molecule has 0 aliphatic carbocycles. The van der Waals surface area contributed by atoms with Gasteiger partial charge in [-0.2, -0.15) is 0 Å². The first-order chi connectivity index (χ1) is 13.9. The Morgan fingerprint density at radius 1 is 0.893 bits per heavy atom. The monoisotopic (exact) mass is 369 g/mol. The van der Waals surface area contributed by atoms with E-state index in [-0.39, 0.29) is 0 Å². The third kappa shape index (κ3) is 3.29. The molecule has 28 heavy (non-hydrogen) atoms. The van der Waals surface area contributed by atoms with Crippen LogP contribution in [0.3, 0.4) is 0 Å². The van der Waals surface area contributed by atoms with E-state index in [4.69, 9.17) is 4.98 Å². The molecule has 1 fully saturated rings. The molecular weight excluding hydrogens is 346 g/mol. The van der Waals surface area contributed by atoms with Crippen molar-refractivity contribution in [2.75, 3.05) is 13.1 Å². The van der Waals surface area contributed by atoms with Gasteiger partial charge in [0.2, 0.25) is 5.78 Å². The molecule has 0 radical (unpaired) electrons. The molecule has 0 saturated carbocycles. The third-order valence-corrected chi connectivity index (χ3v) is 5.69. The molecule has 5 nitrogen and oxygen atoms in total. The van der Waals surface area contributed by atoms with Crippen LogP contribution in [0.25, 0.3) is 17.0 Å². The van der Waals surface area contributed by atoms with Crippen molar-refractivity contribution in [3.63, 3.8) is 0 Å². The fourth-order valence-corrected chi connectivity index (χ4v) is 4.19. The van der Waals surface area contributed by atoms with Gasteiger partial charge in [0.05, 0.1) is 11.4 Å². The zero-order chi connectivity index (χ0) is 18.8. The van der Waals surface area contributed by atoms with E-state index in [9.17, 15) is 0 Å². The number of hydrogen-bond donors (Lipinski definition) is 0. The highest BCUT2D eigenvalue weighted by Crippen LogP contribution is 2.30. The molecule has 0 spiro atoms. The highest BCUT2D eigenvalue weighted by Gasteiger charge is 2.23. The topological polar surface area (TPSA) is 46.3 Å². The van der Waals surface area contributed by atoms with Crippen LogP contribution >= 0.6 is 0 Å². The van der Waals surface area contributed by atoms with Crippen LogP contribution < -0.4 is 0 Å². The van der Waals surface area contributed by atoms with Crippen LogP contribution in [-0.4, -0.2) is 37.3 Å². The molecule has 3 aromatic heterocycles. The van der Waals surface area contributed by atoms with Gasteiger partial charge >= 0.3 is 0 Å². The van der Waals surface area contributed by atoms with E-state index in [0.29, 0.717) is 5.92 Å². The second-order valence-corrected chi connectivity index (χ2v) is 7.39. The molecular formula is C23H23N5. The van der Waals surface area contributed by atoms with Gasteiger partial charge in [-0.1, -0.05) is 30.3 Å². The molecule has 4 aromatic rings. The number of imidazole rings is 1. The average molecular weight is 369 g/mol. The number of benzene rings is 1. The fourth-order valence-electron chi connectivity index (χ4n) is 4.19. The quantitative estimate of drug-likeness (QED) is 0.542. The zero-order valence-electron chi connectivity index (χ0n) is 15.8. The lowest BCUT2D eigenvalue weighted by atomic mass is 9.90. The summed E-state index contributed by atoms with van der Waals surface area (Å²) < 4.78 is 2.14.